The number of imide groups is 1. The van der Waals surface area contributed by atoms with Crippen LogP contribution in [0.25, 0.3) is 0 Å². The van der Waals surface area contributed by atoms with Gasteiger partial charge in [-0.05, 0) is 38.1 Å². The summed E-state index contributed by atoms with van der Waals surface area (Å²) in [7, 11) is 0. The van der Waals surface area contributed by atoms with E-state index in [1.807, 2.05) is 43.3 Å². The van der Waals surface area contributed by atoms with Crippen LogP contribution in [0.5, 0.6) is 5.75 Å². The van der Waals surface area contributed by atoms with Crippen LogP contribution in [0.3, 0.4) is 0 Å². The zero-order valence-electron chi connectivity index (χ0n) is 16.3. The number of benzene rings is 2. The van der Waals surface area contributed by atoms with E-state index in [0.717, 1.165) is 16.2 Å². The molecule has 0 saturated carbocycles. The van der Waals surface area contributed by atoms with Gasteiger partial charge in [0.05, 0.1) is 12.1 Å². The maximum absolute atomic E-state index is 12.6. The van der Waals surface area contributed by atoms with E-state index < -0.39 is 11.6 Å². The second-order valence-electron chi connectivity index (χ2n) is 6.94. The highest BCUT2D eigenvalue weighted by atomic mass is 32.2. The summed E-state index contributed by atoms with van der Waals surface area (Å²) >= 11 is 1.35. The zero-order valence-corrected chi connectivity index (χ0v) is 17.1. The quantitative estimate of drug-likeness (QED) is 0.351. The molecule has 1 heterocycles. The van der Waals surface area contributed by atoms with Crippen LogP contribution < -0.4 is 20.7 Å². The molecule has 0 radical (unpaired) electrons. The molecule has 3 N–H and O–H groups in total. The third-order valence-corrected chi connectivity index (χ3v) is 5.83. The van der Waals surface area contributed by atoms with Crippen molar-refractivity contribution in [2.75, 3.05) is 18.9 Å². The Hall–Kier alpha value is -3.00. The monoisotopic (exact) mass is 413 g/mol. The Bertz CT molecular complexity index is 916. The highest BCUT2D eigenvalue weighted by Crippen LogP contribution is 2.27. The molecule has 1 aliphatic heterocycles. The Morgan fingerprint density at radius 1 is 1.14 bits per heavy atom. The summed E-state index contributed by atoms with van der Waals surface area (Å²) in [4.78, 5) is 36.7. The molecule has 4 amide bonds. The Labute approximate surface area is 173 Å². The van der Waals surface area contributed by atoms with E-state index in [1.165, 1.54) is 11.8 Å². The number of carbonyl (C=O) groups excluding carboxylic acids is 3. The van der Waals surface area contributed by atoms with Crippen LogP contribution in [-0.2, 0) is 4.79 Å². The molecule has 1 atom stereocenters. The minimum Gasteiger partial charge on any atom is -0.492 e. The summed E-state index contributed by atoms with van der Waals surface area (Å²) in [5.74, 6) is 0.479. The van der Waals surface area contributed by atoms with Gasteiger partial charge in [-0.1, -0.05) is 29.8 Å². The SMILES string of the molecule is Cc1ccc(OCCNC(=O)c2ccccc2SC[C@]2(C)NC(=O)NC2=O)cc1. The molecule has 2 aromatic carbocycles. The number of aryl methyl sites for hydroxylation is 1. The maximum Gasteiger partial charge on any atom is 0.322 e. The van der Waals surface area contributed by atoms with Gasteiger partial charge in [0.1, 0.15) is 17.9 Å². The van der Waals surface area contributed by atoms with E-state index in [1.54, 1.807) is 19.1 Å². The summed E-state index contributed by atoms with van der Waals surface area (Å²) in [6.45, 7) is 4.38. The van der Waals surface area contributed by atoms with Crippen molar-refractivity contribution in [3.8, 4) is 5.75 Å². The van der Waals surface area contributed by atoms with E-state index >= 15 is 0 Å². The van der Waals surface area contributed by atoms with Crippen molar-refractivity contribution < 1.29 is 19.1 Å². The summed E-state index contributed by atoms with van der Waals surface area (Å²) < 4.78 is 5.62. The molecule has 1 saturated heterocycles. The molecular weight excluding hydrogens is 390 g/mol. The van der Waals surface area contributed by atoms with Gasteiger partial charge in [0.15, 0.2) is 0 Å². The fourth-order valence-electron chi connectivity index (χ4n) is 2.75. The first-order valence-electron chi connectivity index (χ1n) is 9.20. The molecule has 7 nitrogen and oxygen atoms in total. The summed E-state index contributed by atoms with van der Waals surface area (Å²) in [6, 6.07) is 14.4. The van der Waals surface area contributed by atoms with Crippen molar-refractivity contribution in [2.45, 2.75) is 24.3 Å². The van der Waals surface area contributed by atoms with Crippen LogP contribution in [0.2, 0.25) is 0 Å². The first kappa shape index (κ1) is 20.7. The molecule has 0 unspecified atom stereocenters. The van der Waals surface area contributed by atoms with Crippen LogP contribution in [0.4, 0.5) is 4.79 Å². The topological polar surface area (TPSA) is 96.5 Å². The van der Waals surface area contributed by atoms with E-state index in [4.69, 9.17) is 4.74 Å². The summed E-state index contributed by atoms with van der Waals surface area (Å²) in [5.41, 5.74) is 0.664. The molecular formula is C21H23N3O4S. The van der Waals surface area contributed by atoms with Crippen LogP contribution in [0.15, 0.2) is 53.4 Å². The fraction of sp³-hybridized carbons (Fsp3) is 0.286. The lowest BCUT2D eigenvalue weighted by Gasteiger charge is -2.20. The van der Waals surface area contributed by atoms with Crippen molar-refractivity contribution in [2.24, 2.45) is 0 Å². The predicted molar refractivity (Wildman–Crippen MR) is 111 cm³/mol. The zero-order chi connectivity index (χ0) is 20.9. The Morgan fingerprint density at radius 2 is 1.86 bits per heavy atom. The number of nitrogens with one attached hydrogen (secondary N) is 3. The lowest BCUT2D eigenvalue weighted by atomic mass is 10.1. The van der Waals surface area contributed by atoms with Gasteiger partial charge in [-0.2, -0.15) is 0 Å². The number of urea groups is 1. The summed E-state index contributed by atoms with van der Waals surface area (Å²) in [5, 5.41) is 7.71. The first-order chi connectivity index (χ1) is 13.9. The Kier molecular flexibility index (Phi) is 6.43. The molecule has 2 aromatic rings. The van der Waals surface area contributed by atoms with Crippen LogP contribution >= 0.6 is 11.8 Å². The number of amides is 4. The lowest BCUT2D eigenvalue weighted by Crippen LogP contribution is -2.46. The molecule has 1 aliphatic rings. The number of hydrogen-bond donors (Lipinski definition) is 3. The Morgan fingerprint density at radius 3 is 2.55 bits per heavy atom. The molecule has 0 aliphatic carbocycles. The van der Waals surface area contributed by atoms with Gasteiger partial charge in [-0.15, -0.1) is 11.8 Å². The molecule has 152 valence electrons. The summed E-state index contributed by atoms with van der Waals surface area (Å²) in [6.07, 6.45) is 0. The molecule has 8 heteroatoms. The number of rotatable bonds is 8. The number of ether oxygens (including phenoxy) is 1. The van der Waals surface area contributed by atoms with Gasteiger partial charge in [0.2, 0.25) is 0 Å². The third-order valence-electron chi connectivity index (χ3n) is 4.44. The second kappa shape index (κ2) is 9.00. The normalized spacial score (nSPS) is 18.1. The number of thioether (sulfide) groups is 1. The highest BCUT2D eigenvalue weighted by Gasteiger charge is 2.41. The lowest BCUT2D eigenvalue weighted by molar-refractivity contribution is -0.122. The van der Waals surface area contributed by atoms with Gasteiger partial charge >= 0.3 is 6.03 Å². The van der Waals surface area contributed by atoms with E-state index in [0.29, 0.717) is 24.5 Å². The fourth-order valence-corrected chi connectivity index (χ4v) is 3.89. The van der Waals surface area contributed by atoms with Gasteiger partial charge in [-0.3, -0.25) is 14.9 Å². The van der Waals surface area contributed by atoms with Gasteiger partial charge in [0, 0.05) is 10.6 Å². The van der Waals surface area contributed by atoms with Crippen LogP contribution in [0, 0.1) is 6.92 Å². The largest absolute Gasteiger partial charge is 0.492 e. The van der Waals surface area contributed by atoms with Crippen molar-refractivity contribution in [3.05, 3.63) is 59.7 Å². The van der Waals surface area contributed by atoms with Crippen molar-refractivity contribution >= 4 is 29.6 Å². The molecule has 29 heavy (non-hydrogen) atoms. The maximum atomic E-state index is 12.6. The van der Waals surface area contributed by atoms with E-state index in [-0.39, 0.29) is 11.8 Å². The average molecular weight is 413 g/mol. The van der Waals surface area contributed by atoms with E-state index in [2.05, 4.69) is 16.0 Å². The highest BCUT2D eigenvalue weighted by molar-refractivity contribution is 7.99. The standard InChI is InChI=1S/C21H23N3O4S/c1-14-7-9-15(10-8-14)28-12-11-22-18(25)16-5-3-4-6-17(16)29-13-21(2)19(26)23-20(27)24-21/h3-10H,11-13H2,1-2H3,(H,22,25)(H2,23,24,26,27)/t21-/m0/s1. The first-order valence-corrected chi connectivity index (χ1v) is 10.2. The number of hydrogen-bond acceptors (Lipinski definition) is 5. The van der Waals surface area contributed by atoms with Crippen molar-refractivity contribution in [1.82, 2.24) is 16.0 Å². The smallest absolute Gasteiger partial charge is 0.322 e. The van der Waals surface area contributed by atoms with Crippen molar-refractivity contribution in [3.63, 3.8) is 0 Å². The molecule has 1 fully saturated rings. The second-order valence-corrected chi connectivity index (χ2v) is 7.96. The molecule has 0 spiro atoms. The molecule has 3 rings (SSSR count). The minimum absolute atomic E-state index is 0.217. The van der Waals surface area contributed by atoms with Gasteiger partial charge in [-0.25, -0.2) is 4.79 Å². The minimum atomic E-state index is -1.01. The molecule has 0 bridgehead atoms. The molecule has 0 aromatic heterocycles. The Balaban J connectivity index is 1.53. The van der Waals surface area contributed by atoms with Gasteiger partial charge < -0.3 is 15.4 Å². The van der Waals surface area contributed by atoms with Crippen molar-refractivity contribution in [1.29, 1.82) is 0 Å². The van der Waals surface area contributed by atoms with E-state index in [9.17, 15) is 14.4 Å². The average Bonchev–Trinajstić information content (AvgIpc) is 2.97. The number of carbonyl (C=O) groups is 3. The van der Waals surface area contributed by atoms with Gasteiger partial charge in [0.25, 0.3) is 11.8 Å². The third kappa shape index (κ3) is 5.29. The van der Waals surface area contributed by atoms with Crippen LogP contribution in [0.1, 0.15) is 22.8 Å². The predicted octanol–water partition coefficient (Wildman–Crippen LogP) is 2.49. The van der Waals surface area contributed by atoms with Crippen LogP contribution in [-0.4, -0.2) is 42.3 Å².